The van der Waals surface area contributed by atoms with Gasteiger partial charge in [0, 0.05) is 12.1 Å². The van der Waals surface area contributed by atoms with Crippen LogP contribution in [0.15, 0.2) is 51.9 Å². The van der Waals surface area contributed by atoms with Gasteiger partial charge in [0.05, 0.1) is 11.0 Å². The molecule has 3 aromatic rings. The van der Waals surface area contributed by atoms with Gasteiger partial charge in [-0.2, -0.15) is 0 Å². The van der Waals surface area contributed by atoms with Crippen LogP contribution in [0.4, 0.5) is 0 Å². The first-order valence-corrected chi connectivity index (χ1v) is 7.97. The molecule has 0 atom stereocenters. The van der Waals surface area contributed by atoms with E-state index in [1.807, 2.05) is 0 Å². The average molecular weight is 354 g/mol. The minimum Gasteiger partial charge on any atom is -0.508 e. The van der Waals surface area contributed by atoms with Crippen molar-refractivity contribution in [2.45, 2.75) is 20.8 Å². The first kappa shape index (κ1) is 17.5. The van der Waals surface area contributed by atoms with Gasteiger partial charge in [-0.1, -0.05) is 12.1 Å². The number of carbonyl (C=O) groups excluding carboxylic acids is 1. The molecule has 0 radical (unpaired) electrons. The highest BCUT2D eigenvalue weighted by molar-refractivity contribution is 5.89. The molecule has 0 amide bonds. The number of hydrogen-bond acceptors (Lipinski definition) is 6. The van der Waals surface area contributed by atoms with Crippen molar-refractivity contribution in [3.63, 3.8) is 0 Å². The van der Waals surface area contributed by atoms with E-state index in [4.69, 9.17) is 9.15 Å². The Bertz CT molecular complexity index is 1040. The monoisotopic (exact) mass is 354 g/mol. The number of aromatic hydroxyl groups is 2. The Balaban J connectivity index is 2.09. The minimum absolute atomic E-state index is 0.00821. The zero-order chi connectivity index (χ0) is 19.1. The number of fused-ring (bicyclic) bond motifs is 1. The maximum atomic E-state index is 12.7. The highest BCUT2D eigenvalue weighted by atomic mass is 16.5. The molecule has 1 heterocycles. The molecule has 0 unspecified atom stereocenters. The molecule has 0 aliphatic rings. The number of ether oxygens (including phenoxy) is 1. The molecule has 6 heteroatoms. The Morgan fingerprint density at radius 2 is 1.73 bits per heavy atom. The van der Waals surface area contributed by atoms with E-state index in [0.717, 1.165) is 0 Å². The molecule has 1 aromatic heterocycles. The van der Waals surface area contributed by atoms with Gasteiger partial charge in [0.1, 0.15) is 34.5 Å². The number of rotatable bonds is 2. The Kier molecular flexibility index (Phi) is 4.20. The van der Waals surface area contributed by atoms with E-state index in [0.29, 0.717) is 5.56 Å². The Hall–Kier alpha value is -3.28. The van der Waals surface area contributed by atoms with E-state index in [2.05, 4.69) is 0 Å². The van der Waals surface area contributed by atoms with Crippen molar-refractivity contribution in [1.29, 1.82) is 0 Å². The summed E-state index contributed by atoms with van der Waals surface area (Å²) >= 11 is 0. The Morgan fingerprint density at radius 3 is 2.35 bits per heavy atom. The standard InChI is InChI=1S/C20H18O6/c1-20(2,3)19(24)26-13-8-15(22)17-16(9-13)25-10-14(18(17)23)11-4-6-12(21)7-5-11/h4-10,21-22H,1-3H3. The van der Waals surface area contributed by atoms with Crippen LogP contribution in [0.25, 0.3) is 22.1 Å². The molecule has 0 saturated heterocycles. The molecule has 6 nitrogen and oxygen atoms in total. The minimum atomic E-state index is -0.714. The molecule has 0 bridgehead atoms. The number of phenols is 2. The highest BCUT2D eigenvalue weighted by Crippen LogP contribution is 2.31. The van der Waals surface area contributed by atoms with Crippen LogP contribution in [0, 0.1) is 5.41 Å². The third-order valence-electron chi connectivity index (χ3n) is 3.83. The van der Waals surface area contributed by atoms with Crippen molar-refractivity contribution < 1.29 is 24.2 Å². The van der Waals surface area contributed by atoms with Crippen molar-refractivity contribution in [3.8, 4) is 28.4 Å². The fraction of sp³-hybridized carbons (Fsp3) is 0.200. The normalized spacial score (nSPS) is 11.5. The molecule has 134 valence electrons. The van der Waals surface area contributed by atoms with Gasteiger partial charge in [-0.3, -0.25) is 9.59 Å². The molecule has 0 saturated carbocycles. The fourth-order valence-corrected chi connectivity index (χ4v) is 2.37. The third kappa shape index (κ3) is 3.26. The van der Waals surface area contributed by atoms with Gasteiger partial charge in [0.25, 0.3) is 0 Å². The van der Waals surface area contributed by atoms with E-state index in [1.165, 1.54) is 30.5 Å². The van der Waals surface area contributed by atoms with Crippen LogP contribution in [-0.2, 0) is 4.79 Å². The third-order valence-corrected chi connectivity index (χ3v) is 3.83. The van der Waals surface area contributed by atoms with Gasteiger partial charge >= 0.3 is 5.97 Å². The lowest BCUT2D eigenvalue weighted by atomic mass is 9.97. The lowest BCUT2D eigenvalue weighted by molar-refractivity contribution is -0.142. The molecular weight excluding hydrogens is 336 g/mol. The predicted molar refractivity (Wildman–Crippen MR) is 96.3 cm³/mol. The van der Waals surface area contributed by atoms with E-state index < -0.39 is 16.8 Å². The molecule has 0 spiro atoms. The van der Waals surface area contributed by atoms with Gasteiger partial charge in [0.15, 0.2) is 0 Å². The quantitative estimate of drug-likeness (QED) is 0.536. The second-order valence-electron chi connectivity index (χ2n) is 6.98. The summed E-state index contributed by atoms with van der Waals surface area (Å²) in [5.41, 5.74) is -0.251. The molecule has 0 aliphatic carbocycles. The van der Waals surface area contributed by atoms with Gasteiger partial charge in [-0.25, -0.2) is 0 Å². The van der Waals surface area contributed by atoms with E-state index in [-0.39, 0.29) is 33.8 Å². The molecule has 2 N–H and O–H groups in total. The van der Waals surface area contributed by atoms with Crippen LogP contribution >= 0.6 is 0 Å². The summed E-state index contributed by atoms with van der Waals surface area (Å²) in [5.74, 6) is -0.643. The van der Waals surface area contributed by atoms with Gasteiger partial charge in [-0.15, -0.1) is 0 Å². The molecule has 0 aliphatic heterocycles. The SMILES string of the molecule is CC(C)(C)C(=O)Oc1cc(O)c2c(=O)c(-c3ccc(O)cc3)coc2c1. The lowest BCUT2D eigenvalue weighted by Gasteiger charge is -2.16. The Labute approximate surface area is 149 Å². The van der Waals surface area contributed by atoms with Crippen molar-refractivity contribution in [2.75, 3.05) is 0 Å². The number of phenolic OH excluding ortho intramolecular Hbond substituents is 2. The largest absolute Gasteiger partial charge is 0.508 e. The number of carbonyl (C=O) groups is 1. The van der Waals surface area contributed by atoms with Crippen LogP contribution in [0.2, 0.25) is 0 Å². The van der Waals surface area contributed by atoms with Gasteiger partial charge < -0.3 is 19.4 Å². The second kappa shape index (κ2) is 6.22. The zero-order valence-electron chi connectivity index (χ0n) is 14.6. The summed E-state index contributed by atoms with van der Waals surface area (Å²) in [5, 5.41) is 19.6. The smallest absolute Gasteiger partial charge is 0.316 e. The molecule has 26 heavy (non-hydrogen) atoms. The maximum absolute atomic E-state index is 12.7. The van der Waals surface area contributed by atoms with Crippen molar-refractivity contribution in [3.05, 3.63) is 52.9 Å². The van der Waals surface area contributed by atoms with Crippen molar-refractivity contribution in [2.24, 2.45) is 5.41 Å². The van der Waals surface area contributed by atoms with Crippen molar-refractivity contribution >= 4 is 16.9 Å². The lowest BCUT2D eigenvalue weighted by Crippen LogP contribution is -2.25. The van der Waals surface area contributed by atoms with Gasteiger partial charge in [0.2, 0.25) is 5.43 Å². The Morgan fingerprint density at radius 1 is 1.08 bits per heavy atom. The van der Waals surface area contributed by atoms with E-state index in [1.54, 1.807) is 32.9 Å². The molecule has 3 rings (SSSR count). The first-order valence-electron chi connectivity index (χ1n) is 7.97. The summed E-state index contributed by atoms with van der Waals surface area (Å²) in [6, 6.07) is 8.65. The fourth-order valence-electron chi connectivity index (χ4n) is 2.37. The van der Waals surface area contributed by atoms with E-state index >= 15 is 0 Å². The van der Waals surface area contributed by atoms with Crippen molar-refractivity contribution in [1.82, 2.24) is 0 Å². The topological polar surface area (TPSA) is 97.0 Å². The molecule has 2 aromatic carbocycles. The first-order chi connectivity index (χ1) is 12.2. The number of esters is 1. The summed E-state index contributed by atoms with van der Waals surface area (Å²) in [6.45, 7) is 5.13. The molecule has 0 fully saturated rings. The zero-order valence-corrected chi connectivity index (χ0v) is 14.6. The predicted octanol–water partition coefficient (Wildman–Crippen LogP) is 3.82. The van der Waals surface area contributed by atoms with Crippen LogP contribution in [0.5, 0.6) is 17.2 Å². The van der Waals surface area contributed by atoms with Crippen LogP contribution in [0.3, 0.4) is 0 Å². The molecular formula is C20H18O6. The maximum Gasteiger partial charge on any atom is 0.316 e. The van der Waals surface area contributed by atoms with Crippen LogP contribution in [-0.4, -0.2) is 16.2 Å². The summed E-state index contributed by atoms with van der Waals surface area (Å²) < 4.78 is 10.7. The van der Waals surface area contributed by atoms with Crippen LogP contribution < -0.4 is 10.2 Å². The highest BCUT2D eigenvalue weighted by Gasteiger charge is 2.24. The number of benzene rings is 2. The summed E-state index contributed by atoms with van der Waals surface area (Å²) in [6.07, 6.45) is 1.27. The van der Waals surface area contributed by atoms with Gasteiger partial charge in [-0.05, 0) is 38.5 Å². The number of hydrogen-bond donors (Lipinski definition) is 2. The summed E-state index contributed by atoms with van der Waals surface area (Å²) in [7, 11) is 0. The second-order valence-corrected chi connectivity index (χ2v) is 6.98. The summed E-state index contributed by atoms with van der Waals surface area (Å²) in [4.78, 5) is 24.7. The average Bonchev–Trinajstić information content (AvgIpc) is 2.55. The van der Waals surface area contributed by atoms with E-state index in [9.17, 15) is 19.8 Å². The van der Waals surface area contributed by atoms with Crippen LogP contribution in [0.1, 0.15) is 20.8 Å².